The van der Waals surface area contributed by atoms with E-state index in [4.69, 9.17) is 11.6 Å². The Morgan fingerprint density at radius 2 is 1.29 bits per heavy atom. The first-order chi connectivity index (χ1) is 19.2. The van der Waals surface area contributed by atoms with Crippen LogP contribution in [0.1, 0.15) is 10.4 Å². The normalized spacial score (nSPS) is 12.0. The van der Waals surface area contributed by atoms with Gasteiger partial charge in [0.1, 0.15) is 5.82 Å². The van der Waals surface area contributed by atoms with Crippen LogP contribution in [0, 0.1) is 5.82 Å². The molecule has 4 aromatic carbocycles. The third kappa shape index (κ3) is 7.21. The Morgan fingerprint density at radius 3 is 1.95 bits per heavy atom. The van der Waals surface area contributed by atoms with Crippen LogP contribution >= 0.6 is 11.6 Å². The van der Waals surface area contributed by atoms with Crippen LogP contribution in [-0.4, -0.2) is 37.4 Å². The summed E-state index contributed by atoms with van der Waals surface area (Å²) in [7, 11) is -11.9. The van der Waals surface area contributed by atoms with E-state index in [1.54, 1.807) is 0 Å². The number of hydrogen-bond donors (Lipinski definition) is 3. The van der Waals surface area contributed by atoms with Crippen molar-refractivity contribution in [2.45, 2.75) is 14.7 Å². The molecule has 0 heterocycles. The van der Waals surface area contributed by atoms with Crippen molar-refractivity contribution in [2.75, 3.05) is 21.0 Å². The second-order valence-electron chi connectivity index (χ2n) is 8.61. The first-order valence-corrected chi connectivity index (χ1v) is 16.7. The van der Waals surface area contributed by atoms with Gasteiger partial charge in [0.15, 0.2) is 9.84 Å². The largest absolute Gasteiger partial charge is 0.322 e. The molecule has 0 aliphatic carbocycles. The van der Waals surface area contributed by atoms with Crippen LogP contribution in [-0.2, 0) is 29.9 Å². The van der Waals surface area contributed by atoms with Crippen LogP contribution in [0.3, 0.4) is 0 Å². The Bertz CT molecular complexity index is 1970. The molecule has 0 atom stereocenters. The van der Waals surface area contributed by atoms with Gasteiger partial charge in [-0.3, -0.25) is 14.2 Å². The second-order valence-corrected chi connectivity index (χ2v) is 14.4. The van der Waals surface area contributed by atoms with Crippen LogP contribution in [0.2, 0.25) is 5.02 Å². The number of carbonyl (C=O) groups excluding carboxylic acids is 1. The average Bonchev–Trinajstić information content (AvgIpc) is 2.90. The van der Waals surface area contributed by atoms with E-state index in [1.807, 2.05) is 0 Å². The highest BCUT2D eigenvalue weighted by molar-refractivity contribution is 7.93. The highest BCUT2D eigenvalue weighted by Crippen LogP contribution is 2.26. The van der Waals surface area contributed by atoms with Gasteiger partial charge in [0.05, 0.1) is 31.0 Å². The maximum atomic E-state index is 13.9. The quantitative estimate of drug-likeness (QED) is 0.239. The minimum Gasteiger partial charge on any atom is -0.322 e. The lowest BCUT2D eigenvalue weighted by Gasteiger charge is -2.13. The van der Waals surface area contributed by atoms with Crippen molar-refractivity contribution in [1.29, 1.82) is 0 Å². The van der Waals surface area contributed by atoms with E-state index in [-0.39, 0.29) is 42.3 Å². The van der Waals surface area contributed by atoms with Gasteiger partial charge in [-0.05, 0) is 72.8 Å². The predicted molar refractivity (Wildman–Crippen MR) is 153 cm³/mol. The summed E-state index contributed by atoms with van der Waals surface area (Å²) in [6.07, 6.45) is 1.02. The maximum Gasteiger partial charge on any atom is 0.262 e. The molecule has 15 heteroatoms. The highest BCUT2D eigenvalue weighted by atomic mass is 35.5. The number of para-hydroxylation sites is 1. The lowest BCUT2D eigenvalue weighted by atomic mass is 10.2. The fraction of sp³-hybridized carbons (Fsp3) is 0.0385. The molecular weight excluding hydrogens is 617 g/mol. The molecule has 214 valence electrons. The van der Waals surface area contributed by atoms with Crippen molar-refractivity contribution in [2.24, 2.45) is 0 Å². The molecule has 0 saturated heterocycles. The summed E-state index contributed by atoms with van der Waals surface area (Å²) in [5.74, 6) is -1.61. The molecule has 4 rings (SSSR count). The van der Waals surface area contributed by atoms with E-state index < -0.39 is 41.6 Å². The SMILES string of the molecule is CS(=O)(=O)c1ccc(NS(=O)(=O)c2ccc(Cl)c(C(=O)Nc3cccc(S(=O)(=O)Nc4ccccc4F)c3)c2)cc1. The number of benzene rings is 4. The Morgan fingerprint density at radius 1 is 0.683 bits per heavy atom. The topological polar surface area (TPSA) is 156 Å². The van der Waals surface area contributed by atoms with Crippen LogP contribution < -0.4 is 14.8 Å². The van der Waals surface area contributed by atoms with Gasteiger partial charge in [0.25, 0.3) is 26.0 Å². The molecule has 0 unspecified atom stereocenters. The molecule has 0 bridgehead atoms. The molecule has 3 N–H and O–H groups in total. The number of amides is 1. The van der Waals surface area contributed by atoms with E-state index >= 15 is 0 Å². The molecule has 0 spiro atoms. The summed E-state index contributed by atoms with van der Waals surface area (Å²) in [5, 5.41) is 2.39. The Kier molecular flexibility index (Phi) is 8.40. The maximum absolute atomic E-state index is 13.9. The van der Waals surface area contributed by atoms with Crippen LogP contribution in [0.4, 0.5) is 21.5 Å². The zero-order valence-electron chi connectivity index (χ0n) is 21.0. The number of hydrogen-bond acceptors (Lipinski definition) is 7. The fourth-order valence-corrected chi connectivity index (χ4v) is 6.55. The standard InChI is InChI=1S/C26H21ClFN3O7S3/c1-39(33,34)19-11-9-17(10-12-19)30-40(35,36)21-13-14-23(27)22(16-21)26(32)29-18-5-4-6-20(15-18)41(37,38)31-25-8-3-2-7-24(25)28/h2-16,30-31H,1H3,(H,29,32). The number of sulfonamides is 2. The smallest absolute Gasteiger partial charge is 0.262 e. The van der Waals surface area contributed by atoms with Gasteiger partial charge in [0, 0.05) is 17.6 Å². The Labute approximate surface area is 241 Å². The van der Waals surface area contributed by atoms with Crippen molar-refractivity contribution < 1.29 is 34.4 Å². The zero-order chi connectivity index (χ0) is 30.0. The van der Waals surface area contributed by atoms with Crippen molar-refractivity contribution >= 4 is 64.5 Å². The van der Waals surface area contributed by atoms with Crippen molar-refractivity contribution in [3.63, 3.8) is 0 Å². The number of nitrogens with one attached hydrogen (secondary N) is 3. The van der Waals surface area contributed by atoms with E-state index in [2.05, 4.69) is 14.8 Å². The van der Waals surface area contributed by atoms with Gasteiger partial charge >= 0.3 is 0 Å². The van der Waals surface area contributed by atoms with Crippen molar-refractivity contribution in [3.8, 4) is 0 Å². The van der Waals surface area contributed by atoms with E-state index in [9.17, 15) is 34.4 Å². The lowest BCUT2D eigenvalue weighted by molar-refractivity contribution is 0.102. The molecule has 10 nitrogen and oxygen atoms in total. The molecule has 0 aliphatic rings. The van der Waals surface area contributed by atoms with E-state index in [0.29, 0.717) is 0 Å². The monoisotopic (exact) mass is 637 g/mol. The Balaban J connectivity index is 1.55. The van der Waals surface area contributed by atoms with Crippen LogP contribution in [0.15, 0.2) is 106 Å². The fourth-order valence-electron chi connectivity index (χ4n) is 3.52. The summed E-state index contributed by atoms with van der Waals surface area (Å²) >= 11 is 6.16. The van der Waals surface area contributed by atoms with Gasteiger partial charge in [-0.2, -0.15) is 0 Å². The number of sulfone groups is 1. The first kappa shape index (κ1) is 30.0. The molecule has 0 saturated carbocycles. The lowest BCUT2D eigenvalue weighted by Crippen LogP contribution is -2.17. The molecular formula is C26H21ClFN3O7S3. The molecule has 0 fully saturated rings. The summed E-state index contributed by atoms with van der Waals surface area (Å²) in [6, 6.07) is 18.8. The van der Waals surface area contributed by atoms with Crippen LogP contribution in [0.5, 0.6) is 0 Å². The number of carbonyl (C=O) groups is 1. The molecule has 1 amide bonds. The second kappa shape index (κ2) is 11.5. The van der Waals surface area contributed by atoms with Gasteiger partial charge < -0.3 is 5.32 Å². The Hall–Kier alpha value is -3.98. The van der Waals surface area contributed by atoms with E-state index in [0.717, 1.165) is 24.5 Å². The zero-order valence-corrected chi connectivity index (χ0v) is 24.2. The summed E-state index contributed by atoms with van der Waals surface area (Å²) in [5.41, 5.74) is -0.355. The molecule has 41 heavy (non-hydrogen) atoms. The predicted octanol–water partition coefficient (Wildman–Crippen LogP) is 4.74. The van der Waals surface area contributed by atoms with Crippen LogP contribution in [0.25, 0.3) is 0 Å². The molecule has 0 radical (unpaired) electrons. The molecule has 0 aliphatic heterocycles. The molecule has 0 aromatic heterocycles. The van der Waals surface area contributed by atoms with Crippen molar-refractivity contribution in [1.82, 2.24) is 0 Å². The summed E-state index contributed by atoms with van der Waals surface area (Å²) in [6.45, 7) is 0. The first-order valence-electron chi connectivity index (χ1n) is 11.5. The van der Waals surface area contributed by atoms with E-state index in [1.165, 1.54) is 72.8 Å². The van der Waals surface area contributed by atoms with Gasteiger partial charge in [-0.15, -0.1) is 0 Å². The minimum absolute atomic E-state index is 0.00535. The number of anilines is 3. The minimum atomic E-state index is -4.22. The van der Waals surface area contributed by atoms with Gasteiger partial charge in [0.2, 0.25) is 0 Å². The third-order valence-electron chi connectivity index (χ3n) is 5.55. The average molecular weight is 638 g/mol. The summed E-state index contributed by atoms with van der Waals surface area (Å²) < 4.78 is 93.1. The third-order valence-corrected chi connectivity index (χ3v) is 9.75. The number of halogens is 2. The van der Waals surface area contributed by atoms with Gasteiger partial charge in [-0.1, -0.05) is 29.8 Å². The highest BCUT2D eigenvalue weighted by Gasteiger charge is 2.21. The van der Waals surface area contributed by atoms with Gasteiger partial charge in [-0.25, -0.2) is 29.6 Å². The molecule has 4 aromatic rings. The number of rotatable bonds is 9. The summed E-state index contributed by atoms with van der Waals surface area (Å²) in [4.78, 5) is 12.4. The van der Waals surface area contributed by atoms with Crippen molar-refractivity contribution in [3.05, 3.63) is 107 Å².